The van der Waals surface area contributed by atoms with E-state index < -0.39 is 34.1 Å². The first-order valence-corrected chi connectivity index (χ1v) is 5.29. The van der Waals surface area contributed by atoms with E-state index in [-0.39, 0.29) is 25.9 Å². The van der Waals surface area contributed by atoms with Crippen molar-refractivity contribution in [3.63, 3.8) is 0 Å². The number of hydrogen-bond donors (Lipinski definition) is 3. The maximum absolute atomic E-state index is 11.7. The van der Waals surface area contributed by atoms with E-state index in [1.165, 1.54) is 7.11 Å². The molecule has 6 nitrogen and oxygen atoms in total. The van der Waals surface area contributed by atoms with Gasteiger partial charge in [-0.25, -0.2) is 0 Å². The third kappa shape index (κ3) is 1.28. The average molecular weight is 242 g/mol. The first kappa shape index (κ1) is 12.1. The van der Waals surface area contributed by atoms with Crippen molar-refractivity contribution >= 4 is 11.6 Å². The molecular weight excluding hydrogens is 228 g/mol. The van der Waals surface area contributed by atoms with Crippen LogP contribution < -0.4 is 0 Å². The zero-order chi connectivity index (χ0) is 12.8. The molecule has 17 heavy (non-hydrogen) atoms. The summed E-state index contributed by atoms with van der Waals surface area (Å²) in [6.07, 6.45) is -0.0892. The van der Waals surface area contributed by atoms with Crippen LogP contribution in [0.4, 0.5) is 0 Å². The summed E-state index contributed by atoms with van der Waals surface area (Å²) >= 11 is 0. The molecular formula is C11H14O6. The smallest absolute Gasteiger partial charge is 0.201 e. The van der Waals surface area contributed by atoms with Gasteiger partial charge in [-0.05, 0) is 6.42 Å². The highest BCUT2D eigenvalue weighted by molar-refractivity contribution is 6.01. The van der Waals surface area contributed by atoms with Gasteiger partial charge in [0, 0.05) is 20.0 Å². The van der Waals surface area contributed by atoms with Crippen LogP contribution in [0.5, 0.6) is 0 Å². The van der Waals surface area contributed by atoms with E-state index in [1.807, 2.05) is 0 Å². The molecule has 3 N–H and O–H groups in total. The van der Waals surface area contributed by atoms with Gasteiger partial charge in [0.05, 0.1) is 12.0 Å². The fourth-order valence-electron chi connectivity index (χ4n) is 2.78. The highest BCUT2D eigenvalue weighted by Crippen LogP contribution is 2.55. The number of methoxy groups -OCH3 is 1. The molecule has 2 aliphatic rings. The van der Waals surface area contributed by atoms with E-state index in [9.17, 15) is 24.9 Å². The molecule has 0 amide bonds. The minimum atomic E-state index is -1.94. The van der Waals surface area contributed by atoms with Crippen molar-refractivity contribution in [2.24, 2.45) is 5.41 Å². The van der Waals surface area contributed by atoms with Crippen molar-refractivity contribution in [2.75, 3.05) is 13.7 Å². The maximum atomic E-state index is 11.7. The molecule has 2 aliphatic carbocycles. The molecule has 0 aromatic carbocycles. The Morgan fingerprint density at radius 3 is 2.47 bits per heavy atom. The van der Waals surface area contributed by atoms with Crippen molar-refractivity contribution in [2.45, 2.75) is 24.9 Å². The van der Waals surface area contributed by atoms with Gasteiger partial charge in [-0.1, -0.05) is 0 Å². The summed E-state index contributed by atoms with van der Waals surface area (Å²) in [4.78, 5) is 23.2. The zero-order valence-electron chi connectivity index (χ0n) is 9.39. The Hall–Kier alpha value is -1.40. The van der Waals surface area contributed by atoms with Crippen LogP contribution in [-0.2, 0) is 14.3 Å². The van der Waals surface area contributed by atoms with Crippen LogP contribution in [0.2, 0.25) is 0 Å². The molecule has 6 heteroatoms. The molecule has 0 bridgehead atoms. The number of aliphatic hydroxyl groups is 3. The number of rotatable bonds is 2. The molecule has 0 saturated heterocycles. The Bertz CT molecular complexity index is 426. The van der Waals surface area contributed by atoms with Gasteiger partial charge in [0.15, 0.2) is 17.1 Å². The van der Waals surface area contributed by atoms with Crippen molar-refractivity contribution in [3.8, 4) is 0 Å². The maximum Gasteiger partial charge on any atom is 0.201 e. The Morgan fingerprint density at radius 1 is 1.35 bits per heavy atom. The molecule has 1 spiro atoms. The predicted octanol–water partition coefficient (Wildman–Crippen LogP) is 0.0136. The van der Waals surface area contributed by atoms with Crippen LogP contribution in [0.15, 0.2) is 11.5 Å². The molecule has 94 valence electrons. The summed E-state index contributed by atoms with van der Waals surface area (Å²) in [6.45, 7) is -0.309. The van der Waals surface area contributed by atoms with Gasteiger partial charge in [0.1, 0.15) is 5.76 Å². The van der Waals surface area contributed by atoms with Crippen LogP contribution in [0.3, 0.4) is 0 Å². The van der Waals surface area contributed by atoms with Gasteiger partial charge < -0.3 is 20.1 Å². The van der Waals surface area contributed by atoms with Gasteiger partial charge >= 0.3 is 0 Å². The quantitative estimate of drug-likeness (QED) is 0.630. The van der Waals surface area contributed by atoms with Gasteiger partial charge in [0.25, 0.3) is 0 Å². The SMILES string of the molecule is COC[C@@]1(O)C(=O)CC[C@]12CC(=O)C(O)=C2O. The summed E-state index contributed by atoms with van der Waals surface area (Å²) in [6, 6.07) is 0. The second kappa shape index (κ2) is 3.54. The van der Waals surface area contributed by atoms with E-state index in [2.05, 4.69) is 0 Å². The van der Waals surface area contributed by atoms with E-state index in [1.54, 1.807) is 0 Å². The molecule has 0 radical (unpaired) electrons. The lowest BCUT2D eigenvalue weighted by atomic mass is 9.72. The van der Waals surface area contributed by atoms with Gasteiger partial charge in [-0.3, -0.25) is 9.59 Å². The van der Waals surface area contributed by atoms with E-state index in [0.717, 1.165) is 0 Å². The molecule has 0 aromatic rings. The molecule has 0 aromatic heterocycles. The average Bonchev–Trinajstić information content (AvgIpc) is 2.65. The number of hydrogen-bond acceptors (Lipinski definition) is 6. The molecule has 1 fully saturated rings. The highest BCUT2D eigenvalue weighted by atomic mass is 16.5. The molecule has 0 heterocycles. The van der Waals surface area contributed by atoms with Crippen LogP contribution >= 0.6 is 0 Å². The molecule has 2 atom stereocenters. The zero-order valence-corrected chi connectivity index (χ0v) is 9.39. The fraction of sp³-hybridized carbons (Fsp3) is 0.636. The van der Waals surface area contributed by atoms with E-state index in [0.29, 0.717) is 0 Å². The Balaban J connectivity index is 2.52. The van der Waals surface area contributed by atoms with Crippen molar-refractivity contribution in [3.05, 3.63) is 11.5 Å². The van der Waals surface area contributed by atoms with Crippen LogP contribution in [0, 0.1) is 5.41 Å². The first-order valence-electron chi connectivity index (χ1n) is 5.29. The second-order valence-corrected chi connectivity index (χ2v) is 4.60. The molecule has 0 aliphatic heterocycles. The van der Waals surface area contributed by atoms with E-state index >= 15 is 0 Å². The third-order valence-corrected chi connectivity index (χ3v) is 3.79. The lowest BCUT2D eigenvalue weighted by molar-refractivity contribution is -0.153. The lowest BCUT2D eigenvalue weighted by Gasteiger charge is -2.36. The number of ether oxygens (including phenoxy) is 1. The Morgan fingerprint density at radius 2 is 2.00 bits per heavy atom. The number of Topliss-reactive ketones (excluding diaryl/α,β-unsaturated/α-hetero) is 2. The third-order valence-electron chi connectivity index (χ3n) is 3.79. The minimum absolute atomic E-state index is 0.0461. The number of carbonyl (C=O) groups is 2. The fourth-order valence-corrected chi connectivity index (χ4v) is 2.78. The minimum Gasteiger partial charge on any atom is -0.508 e. The summed E-state index contributed by atoms with van der Waals surface area (Å²) in [7, 11) is 1.31. The topological polar surface area (TPSA) is 104 Å². The van der Waals surface area contributed by atoms with Gasteiger partial charge in [-0.15, -0.1) is 0 Å². The summed E-state index contributed by atoms with van der Waals surface area (Å²) in [5, 5.41) is 29.6. The lowest BCUT2D eigenvalue weighted by Crippen LogP contribution is -2.52. The molecule has 0 unspecified atom stereocenters. The standard InChI is InChI=1S/C11H14O6/c1-17-5-11(16)7(13)2-3-10(11)4-6(12)8(14)9(10)15/h14-16H,2-5H2,1H3/t10-,11-/m1/s1. The number of allylic oxidation sites excluding steroid dienone is 1. The normalized spacial score (nSPS) is 37.5. The first-order chi connectivity index (χ1) is 7.89. The number of aliphatic hydroxyl groups excluding tert-OH is 2. The number of ketones is 2. The van der Waals surface area contributed by atoms with Crippen LogP contribution in [0.1, 0.15) is 19.3 Å². The molecule has 2 rings (SSSR count). The largest absolute Gasteiger partial charge is 0.508 e. The van der Waals surface area contributed by atoms with Gasteiger partial charge in [-0.2, -0.15) is 0 Å². The van der Waals surface area contributed by atoms with Crippen molar-refractivity contribution in [1.82, 2.24) is 0 Å². The Kier molecular flexibility index (Phi) is 2.52. The van der Waals surface area contributed by atoms with Gasteiger partial charge in [0.2, 0.25) is 5.78 Å². The summed E-state index contributed by atoms with van der Waals surface area (Å²) in [5.74, 6) is -2.48. The number of carbonyl (C=O) groups excluding carboxylic acids is 2. The highest BCUT2D eigenvalue weighted by Gasteiger charge is 2.66. The second-order valence-electron chi connectivity index (χ2n) is 4.60. The van der Waals surface area contributed by atoms with Crippen molar-refractivity contribution in [1.29, 1.82) is 0 Å². The Labute approximate surface area is 97.5 Å². The summed E-state index contributed by atoms with van der Waals surface area (Å²) in [5.41, 5.74) is -3.35. The van der Waals surface area contributed by atoms with E-state index in [4.69, 9.17) is 4.74 Å². The molecule has 1 saturated carbocycles. The van der Waals surface area contributed by atoms with Crippen molar-refractivity contribution < 1.29 is 29.6 Å². The van der Waals surface area contributed by atoms with Crippen LogP contribution in [0.25, 0.3) is 0 Å². The summed E-state index contributed by atoms with van der Waals surface area (Å²) < 4.78 is 4.81. The van der Waals surface area contributed by atoms with Crippen LogP contribution in [-0.4, -0.2) is 46.2 Å². The predicted molar refractivity (Wildman–Crippen MR) is 55.4 cm³/mol. The monoisotopic (exact) mass is 242 g/mol.